The molecule has 0 radical (unpaired) electrons. The van der Waals surface area contributed by atoms with Gasteiger partial charge in [-0.3, -0.25) is 14.2 Å². The second kappa shape index (κ2) is 82.5. The third kappa shape index (κ3) is 87.3. The van der Waals surface area contributed by atoms with E-state index in [1.54, 1.807) is 0 Å². The number of esters is 2. The van der Waals surface area contributed by atoms with E-state index < -0.39 is 26.5 Å². The maximum absolute atomic E-state index is 12.9. The molecule has 0 heterocycles. The fourth-order valence-electron chi connectivity index (χ4n) is 14.3. The van der Waals surface area contributed by atoms with Crippen LogP contribution in [0.2, 0.25) is 0 Å². The molecular formula is C91H178NO8P. The van der Waals surface area contributed by atoms with Gasteiger partial charge in [-0.2, -0.15) is 0 Å². The molecule has 0 aromatic rings. The van der Waals surface area contributed by atoms with Crippen LogP contribution in [0.5, 0.6) is 0 Å². The molecule has 0 N–H and O–H groups in total. The number of hydrogen-bond acceptors (Lipinski definition) is 8. The minimum absolute atomic E-state index is 0.0258. The first-order chi connectivity index (χ1) is 49.5. The van der Waals surface area contributed by atoms with Crippen molar-refractivity contribution in [2.24, 2.45) is 0 Å². The average molecular weight is 1450 g/mol. The smallest absolute Gasteiger partial charge is 0.306 e. The Kier molecular flexibility index (Phi) is 81.3. The molecule has 101 heavy (non-hydrogen) atoms. The van der Waals surface area contributed by atoms with E-state index in [0.29, 0.717) is 17.4 Å². The largest absolute Gasteiger partial charge is 0.756 e. The molecule has 2 atom stereocenters. The van der Waals surface area contributed by atoms with Crippen molar-refractivity contribution in [1.82, 2.24) is 0 Å². The van der Waals surface area contributed by atoms with Crippen LogP contribution >= 0.6 is 7.82 Å². The van der Waals surface area contributed by atoms with E-state index >= 15 is 0 Å². The molecule has 0 fully saturated rings. The van der Waals surface area contributed by atoms with Gasteiger partial charge in [-0.15, -0.1) is 0 Å². The summed E-state index contributed by atoms with van der Waals surface area (Å²) in [5.74, 6) is -0.801. The van der Waals surface area contributed by atoms with E-state index in [2.05, 4.69) is 38.2 Å². The molecule has 10 heteroatoms. The molecule has 0 aliphatic rings. The molecule has 0 amide bonds. The van der Waals surface area contributed by atoms with E-state index in [4.69, 9.17) is 18.5 Å². The summed E-state index contributed by atoms with van der Waals surface area (Å²) >= 11 is 0. The molecule has 0 bridgehead atoms. The van der Waals surface area contributed by atoms with Crippen LogP contribution in [0.4, 0.5) is 0 Å². The molecule has 2 unspecified atom stereocenters. The Morgan fingerprint density at radius 1 is 0.307 bits per heavy atom. The Bertz CT molecular complexity index is 1750. The summed E-state index contributed by atoms with van der Waals surface area (Å²) in [6.45, 7) is 4.33. The zero-order valence-electron chi connectivity index (χ0n) is 68.9. The normalized spacial score (nSPS) is 13.0. The predicted molar refractivity (Wildman–Crippen MR) is 439 cm³/mol. The number of ether oxygens (including phenoxy) is 2. The van der Waals surface area contributed by atoms with Gasteiger partial charge in [-0.25, -0.2) is 0 Å². The lowest BCUT2D eigenvalue weighted by Gasteiger charge is -2.28. The number of phosphoric acid groups is 1. The van der Waals surface area contributed by atoms with E-state index in [0.717, 1.165) is 38.5 Å². The van der Waals surface area contributed by atoms with Gasteiger partial charge < -0.3 is 27.9 Å². The second-order valence-electron chi connectivity index (χ2n) is 32.7. The minimum Gasteiger partial charge on any atom is -0.756 e. The van der Waals surface area contributed by atoms with Gasteiger partial charge in [0.1, 0.15) is 19.8 Å². The second-order valence-corrected chi connectivity index (χ2v) is 34.1. The lowest BCUT2D eigenvalue weighted by molar-refractivity contribution is -0.870. The van der Waals surface area contributed by atoms with Gasteiger partial charge in [-0.05, 0) is 44.9 Å². The van der Waals surface area contributed by atoms with Crippen molar-refractivity contribution < 1.29 is 42.1 Å². The molecule has 0 rings (SSSR count). The summed E-state index contributed by atoms with van der Waals surface area (Å²) in [6, 6.07) is 0. The standard InChI is InChI=1S/C91H178NO8P/c1-6-8-10-12-14-16-18-20-22-24-26-28-30-32-34-36-38-40-42-44-46-48-50-52-54-56-58-60-62-64-66-68-70-72-74-76-78-80-82-84-91(94)100-89(88-99-101(95,96)98-86-85-92(3,4)5)87-97-90(93)83-81-79-77-75-73-71-69-67-65-63-61-59-57-55-53-51-49-47-45-43-41-39-37-35-33-31-29-27-25-23-21-19-17-15-13-11-9-7-2/h18,20,24,26,89H,6-17,19,21-23,25,27-88H2,1-5H3/b20-18-,26-24-. The molecule has 600 valence electrons. The maximum Gasteiger partial charge on any atom is 0.306 e. The number of phosphoric ester groups is 1. The van der Waals surface area contributed by atoms with Crippen molar-refractivity contribution in [3.8, 4) is 0 Å². The Labute approximate surface area is 631 Å². The number of nitrogens with zero attached hydrogens (tertiary/aromatic N) is 1. The molecule has 0 aliphatic carbocycles. The highest BCUT2D eigenvalue weighted by molar-refractivity contribution is 7.45. The summed E-state index contributed by atoms with van der Waals surface area (Å²) in [6.07, 6.45) is 108. The van der Waals surface area contributed by atoms with Gasteiger partial charge in [0.15, 0.2) is 6.10 Å². The molecule has 0 aliphatic heterocycles. The van der Waals surface area contributed by atoms with Crippen molar-refractivity contribution >= 4 is 19.8 Å². The monoisotopic (exact) mass is 1440 g/mol. The van der Waals surface area contributed by atoms with E-state index in [1.807, 2.05) is 21.1 Å². The number of likely N-dealkylation sites (N-methyl/N-ethyl adjacent to an activating group) is 1. The molecule has 0 saturated heterocycles. The highest BCUT2D eigenvalue weighted by Crippen LogP contribution is 2.38. The Hall–Kier alpha value is -1.51. The Balaban J connectivity index is 3.82. The molecule has 9 nitrogen and oxygen atoms in total. The third-order valence-electron chi connectivity index (χ3n) is 21.2. The first-order valence-corrected chi connectivity index (χ1v) is 47.0. The number of rotatable bonds is 87. The van der Waals surface area contributed by atoms with Gasteiger partial charge in [0.25, 0.3) is 7.82 Å². The first-order valence-electron chi connectivity index (χ1n) is 45.5. The predicted octanol–water partition coefficient (Wildman–Crippen LogP) is 30.1. The van der Waals surface area contributed by atoms with Crippen LogP contribution in [-0.4, -0.2) is 70.0 Å². The zero-order chi connectivity index (χ0) is 73.3. The summed E-state index contributed by atoms with van der Waals surface area (Å²) in [7, 11) is 1.20. The van der Waals surface area contributed by atoms with E-state index in [9.17, 15) is 19.0 Å². The Morgan fingerprint density at radius 3 is 0.782 bits per heavy atom. The van der Waals surface area contributed by atoms with Gasteiger partial charge in [-0.1, -0.05) is 462 Å². The van der Waals surface area contributed by atoms with Crippen LogP contribution in [-0.2, 0) is 32.7 Å². The SMILES string of the molecule is CCCCCCC/C=C\C/C=C\CCCCCCCCCCCCCCCCCCCCCCCCCCCCCC(=O)OC(COC(=O)CCCCCCCCCCCCCCCCCCCCCCCCCCCCCCCCCCCCCCCC)COP(=O)([O-])OCC[N+](C)(C)C. The number of carbonyl (C=O) groups excluding carboxylic acids is 2. The van der Waals surface area contributed by atoms with Crippen molar-refractivity contribution in [3.05, 3.63) is 24.3 Å². The van der Waals surface area contributed by atoms with Crippen molar-refractivity contribution in [3.63, 3.8) is 0 Å². The van der Waals surface area contributed by atoms with Gasteiger partial charge in [0.05, 0.1) is 27.7 Å². The highest BCUT2D eigenvalue weighted by Gasteiger charge is 2.22. The average Bonchev–Trinajstić information content (AvgIpc) is 0.973. The van der Waals surface area contributed by atoms with Crippen LogP contribution in [0.1, 0.15) is 495 Å². The molecule has 0 aromatic carbocycles. The van der Waals surface area contributed by atoms with Crippen LogP contribution < -0.4 is 4.89 Å². The van der Waals surface area contributed by atoms with Gasteiger partial charge in [0, 0.05) is 12.8 Å². The highest BCUT2D eigenvalue weighted by atomic mass is 31.2. The van der Waals surface area contributed by atoms with Crippen LogP contribution in [0.3, 0.4) is 0 Å². The van der Waals surface area contributed by atoms with Gasteiger partial charge in [0.2, 0.25) is 0 Å². The maximum atomic E-state index is 12.9. The number of carbonyl (C=O) groups is 2. The quantitative estimate of drug-likeness (QED) is 0.0195. The third-order valence-corrected chi connectivity index (χ3v) is 22.2. The number of unbranched alkanes of at least 4 members (excludes halogenated alkanes) is 69. The zero-order valence-corrected chi connectivity index (χ0v) is 69.8. The van der Waals surface area contributed by atoms with Crippen molar-refractivity contribution in [2.75, 3.05) is 47.5 Å². The lowest BCUT2D eigenvalue weighted by Crippen LogP contribution is -2.37. The molecular weight excluding hydrogens is 1270 g/mol. The molecule has 0 aromatic heterocycles. The van der Waals surface area contributed by atoms with Crippen LogP contribution in [0.15, 0.2) is 24.3 Å². The fourth-order valence-corrected chi connectivity index (χ4v) is 15.0. The first kappa shape index (κ1) is 99.5. The summed E-state index contributed by atoms with van der Waals surface area (Å²) in [5.41, 5.74) is 0. The molecule has 0 saturated carbocycles. The van der Waals surface area contributed by atoms with E-state index in [1.165, 1.54) is 424 Å². The van der Waals surface area contributed by atoms with E-state index in [-0.39, 0.29) is 32.0 Å². The number of allylic oxidation sites excluding steroid dienone is 4. The summed E-state index contributed by atoms with van der Waals surface area (Å²) in [4.78, 5) is 38.3. The van der Waals surface area contributed by atoms with Crippen molar-refractivity contribution in [2.45, 2.75) is 502 Å². The van der Waals surface area contributed by atoms with Crippen molar-refractivity contribution in [1.29, 1.82) is 0 Å². The van der Waals surface area contributed by atoms with Crippen LogP contribution in [0, 0.1) is 0 Å². The number of quaternary nitrogens is 1. The Morgan fingerprint density at radius 2 is 0.535 bits per heavy atom. The summed E-state index contributed by atoms with van der Waals surface area (Å²) < 4.78 is 34.5. The molecule has 0 spiro atoms. The van der Waals surface area contributed by atoms with Crippen LogP contribution in [0.25, 0.3) is 0 Å². The minimum atomic E-state index is -4.64. The summed E-state index contributed by atoms with van der Waals surface area (Å²) in [5, 5.41) is 0. The topological polar surface area (TPSA) is 111 Å². The fraction of sp³-hybridized carbons (Fsp3) is 0.934. The number of hydrogen-bond donors (Lipinski definition) is 0. The van der Waals surface area contributed by atoms with Gasteiger partial charge >= 0.3 is 11.9 Å². The lowest BCUT2D eigenvalue weighted by atomic mass is 10.0.